The summed E-state index contributed by atoms with van der Waals surface area (Å²) in [5.41, 5.74) is 0.168. The number of nitro groups is 1. The summed E-state index contributed by atoms with van der Waals surface area (Å²) >= 11 is 0. The van der Waals surface area contributed by atoms with Gasteiger partial charge in [0.05, 0.1) is 38.3 Å². The summed E-state index contributed by atoms with van der Waals surface area (Å²) in [7, 11) is -2.38. The summed E-state index contributed by atoms with van der Waals surface area (Å²) in [4.78, 5) is 14.1. The van der Waals surface area contributed by atoms with Crippen molar-refractivity contribution in [1.82, 2.24) is 4.31 Å². The van der Waals surface area contributed by atoms with Crippen LogP contribution in [-0.4, -0.2) is 57.3 Å². The van der Waals surface area contributed by atoms with Gasteiger partial charge in [0.2, 0.25) is 10.0 Å². The highest BCUT2D eigenvalue weighted by atomic mass is 32.2. The second-order valence-electron chi connectivity index (χ2n) is 5.54. The van der Waals surface area contributed by atoms with Crippen molar-refractivity contribution >= 4 is 27.8 Å². The lowest BCUT2D eigenvalue weighted by atomic mass is 10.3. The Labute approximate surface area is 155 Å². The summed E-state index contributed by atoms with van der Waals surface area (Å²) in [5, 5.41) is 10.7. The number of ether oxygens (including phenoxy) is 2. The molecular formula is C16H17N3O7S. The van der Waals surface area contributed by atoms with E-state index in [0.29, 0.717) is 19.0 Å². The molecule has 0 bridgehead atoms. The zero-order chi connectivity index (χ0) is 19.4. The van der Waals surface area contributed by atoms with Crippen molar-refractivity contribution < 1.29 is 27.2 Å². The van der Waals surface area contributed by atoms with Crippen molar-refractivity contribution in [2.75, 3.05) is 33.4 Å². The van der Waals surface area contributed by atoms with E-state index in [1.54, 1.807) is 6.07 Å². The van der Waals surface area contributed by atoms with Crippen molar-refractivity contribution in [3.05, 3.63) is 46.2 Å². The molecule has 2 heterocycles. The molecule has 1 aromatic carbocycles. The van der Waals surface area contributed by atoms with Gasteiger partial charge in [0.1, 0.15) is 15.6 Å². The van der Waals surface area contributed by atoms with Gasteiger partial charge >= 0.3 is 5.88 Å². The molecule has 0 amide bonds. The highest BCUT2D eigenvalue weighted by Crippen LogP contribution is 2.31. The third kappa shape index (κ3) is 4.15. The Hall–Kier alpha value is -2.76. The van der Waals surface area contributed by atoms with Crippen molar-refractivity contribution in [2.45, 2.75) is 4.90 Å². The van der Waals surface area contributed by atoms with E-state index in [2.05, 4.69) is 4.99 Å². The van der Waals surface area contributed by atoms with Gasteiger partial charge in [-0.05, 0) is 18.2 Å². The number of rotatable bonds is 6. The van der Waals surface area contributed by atoms with Crippen molar-refractivity contribution in [1.29, 1.82) is 0 Å². The second kappa shape index (κ2) is 7.86. The zero-order valence-electron chi connectivity index (χ0n) is 14.4. The number of hydrogen-bond acceptors (Lipinski definition) is 8. The minimum Gasteiger partial charge on any atom is -0.497 e. The SMILES string of the molecule is COc1ccc(N=Cc2ccc([N+](=O)[O-])o2)c(S(=O)(=O)N2CCOCC2)c1. The quantitative estimate of drug-likeness (QED) is 0.416. The average Bonchev–Trinajstić information content (AvgIpc) is 3.16. The minimum absolute atomic E-state index is 0.0268. The number of sulfonamides is 1. The largest absolute Gasteiger partial charge is 0.497 e. The highest BCUT2D eigenvalue weighted by Gasteiger charge is 2.29. The van der Waals surface area contributed by atoms with E-state index in [1.807, 2.05) is 0 Å². The molecule has 1 saturated heterocycles. The van der Waals surface area contributed by atoms with Gasteiger partial charge in [0.25, 0.3) is 0 Å². The summed E-state index contributed by atoms with van der Waals surface area (Å²) in [6.45, 7) is 1.12. The monoisotopic (exact) mass is 395 g/mol. The molecule has 0 radical (unpaired) electrons. The molecule has 1 aromatic heterocycles. The molecule has 1 aliphatic heterocycles. The minimum atomic E-state index is -3.82. The smallest absolute Gasteiger partial charge is 0.433 e. The van der Waals surface area contributed by atoms with Gasteiger partial charge in [0, 0.05) is 19.2 Å². The van der Waals surface area contributed by atoms with E-state index in [4.69, 9.17) is 13.9 Å². The predicted molar refractivity (Wildman–Crippen MR) is 95.2 cm³/mol. The molecule has 144 valence electrons. The van der Waals surface area contributed by atoms with Gasteiger partial charge in [-0.25, -0.2) is 8.42 Å². The van der Waals surface area contributed by atoms with Crippen LogP contribution in [0.25, 0.3) is 0 Å². The Morgan fingerprint density at radius 2 is 2.00 bits per heavy atom. The van der Waals surface area contributed by atoms with Crippen LogP contribution < -0.4 is 4.74 Å². The van der Waals surface area contributed by atoms with Crippen LogP contribution in [0.15, 0.2) is 44.6 Å². The molecule has 10 nitrogen and oxygen atoms in total. The van der Waals surface area contributed by atoms with Gasteiger partial charge in [-0.1, -0.05) is 0 Å². The highest BCUT2D eigenvalue weighted by molar-refractivity contribution is 7.89. The number of methoxy groups -OCH3 is 1. The lowest BCUT2D eigenvalue weighted by molar-refractivity contribution is -0.402. The van der Waals surface area contributed by atoms with E-state index in [0.717, 1.165) is 0 Å². The molecule has 1 fully saturated rings. The van der Waals surface area contributed by atoms with Crippen LogP contribution in [0.2, 0.25) is 0 Å². The van der Waals surface area contributed by atoms with E-state index in [9.17, 15) is 18.5 Å². The van der Waals surface area contributed by atoms with E-state index in [-0.39, 0.29) is 29.4 Å². The molecule has 1 aliphatic rings. The van der Waals surface area contributed by atoms with Crippen LogP contribution in [0.3, 0.4) is 0 Å². The second-order valence-corrected chi connectivity index (χ2v) is 7.45. The van der Waals surface area contributed by atoms with Crippen LogP contribution in [0, 0.1) is 10.1 Å². The first kappa shape index (κ1) is 19.0. The Morgan fingerprint density at radius 1 is 1.26 bits per heavy atom. The van der Waals surface area contributed by atoms with E-state index >= 15 is 0 Å². The molecule has 27 heavy (non-hydrogen) atoms. The number of aliphatic imine (C=N–C) groups is 1. The van der Waals surface area contributed by atoms with Crippen LogP contribution in [0.1, 0.15) is 5.76 Å². The molecule has 0 saturated carbocycles. The lowest BCUT2D eigenvalue weighted by Gasteiger charge is -2.26. The summed E-state index contributed by atoms with van der Waals surface area (Å²) in [6, 6.07) is 7.04. The number of benzene rings is 1. The van der Waals surface area contributed by atoms with Crippen LogP contribution in [-0.2, 0) is 14.8 Å². The van der Waals surface area contributed by atoms with Crippen molar-refractivity contribution in [2.24, 2.45) is 4.99 Å². The van der Waals surface area contributed by atoms with E-state index < -0.39 is 20.8 Å². The van der Waals surface area contributed by atoms with E-state index in [1.165, 1.54) is 41.9 Å². The van der Waals surface area contributed by atoms with Gasteiger partial charge < -0.3 is 13.9 Å². The van der Waals surface area contributed by atoms with Crippen LogP contribution in [0.5, 0.6) is 5.75 Å². The maximum absolute atomic E-state index is 13.0. The number of hydrogen-bond donors (Lipinski definition) is 0. The fraction of sp³-hybridized carbons (Fsp3) is 0.312. The van der Waals surface area contributed by atoms with Gasteiger partial charge in [-0.2, -0.15) is 4.31 Å². The Bertz CT molecular complexity index is 962. The summed E-state index contributed by atoms with van der Waals surface area (Å²) in [5.74, 6) is 0.0778. The lowest BCUT2D eigenvalue weighted by Crippen LogP contribution is -2.40. The third-order valence-electron chi connectivity index (χ3n) is 3.88. The molecule has 2 aromatic rings. The molecular weight excluding hydrogens is 378 g/mol. The summed E-state index contributed by atoms with van der Waals surface area (Å²) in [6.07, 6.45) is 1.23. The Balaban J connectivity index is 1.97. The third-order valence-corrected chi connectivity index (χ3v) is 5.81. The average molecular weight is 395 g/mol. The van der Waals surface area contributed by atoms with Crippen molar-refractivity contribution in [3.63, 3.8) is 0 Å². The van der Waals surface area contributed by atoms with Gasteiger partial charge in [-0.15, -0.1) is 0 Å². The standard InChI is InChI=1S/C16H17N3O7S/c1-24-12-2-4-14(17-11-13-3-5-16(26-13)19(20)21)15(10-12)27(22,23)18-6-8-25-9-7-18/h2-5,10-11H,6-9H2,1H3. The van der Waals surface area contributed by atoms with Crippen LogP contribution >= 0.6 is 0 Å². The van der Waals surface area contributed by atoms with Crippen molar-refractivity contribution in [3.8, 4) is 5.75 Å². The first-order chi connectivity index (χ1) is 12.9. The number of furan rings is 1. The zero-order valence-corrected chi connectivity index (χ0v) is 15.2. The molecule has 0 aliphatic carbocycles. The molecule has 0 N–H and O–H groups in total. The topological polar surface area (TPSA) is 124 Å². The first-order valence-electron chi connectivity index (χ1n) is 7.96. The Kier molecular flexibility index (Phi) is 5.54. The van der Waals surface area contributed by atoms with Crippen LogP contribution in [0.4, 0.5) is 11.6 Å². The fourth-order valence-electron chi connectivity index (χ4n) is 2.50. The number of nitrogens with zero attached hydrogens (tertiary/aromatic N) is 3. The predicted octanol–water partition coefficient (Wildman–Crippen LogP) is 1.97. The normalized spacial score (nSPS) is 15.9. The first-order valence-corrected chi connectivity index (χ1v) is 9.40. The fourth-order valence-corrected chi connectivity index (χ4v) is 4.06. The molecule has 0 atom stereocenters. The van der Waals surface area contributed by atoms with Gasteiger partial charge in [0.15, 0.2) is 5.76 Å². The molecule has 0 unspecified atom stereocenters. The summed E-state index contributed by atoms with van der Waals surface area (Å²) < 4.78 is 42.7. The molecule has 3 rings (SSSR count). The van der Waals surface area contributed by atoms with Gasteiger partial charge in [-0.3, -0.25) is 15.1 Å². The maximum atomic E-state index is 13.0. The molecule has 0 spiro atoms. The maximum Gasteiger partial charge on any atom is 0.433 e. The molecule has 11 heteroatoms. The number of morpholine rings is 1. The Morgan fingerprint density at radius 3 is 2.63 bits per heavy atom.